The van der Waals surface area contributed by atoms with Crippen LogP contribution in [0.5, 0.6) is 0 Å². The zero-order valence-corrected chi connectivity index (χ0v) is 12.6. The van der Waals surface area contributed by atoms with Gasteiger partial charge in [0.05, 0.1) is 6.33 Å². The maximum absolute atomic E-state index is 12.4. The predicted octanol–water partition coefficient (Wildman–Crippen LogP) is 2.14. The van der Waals surface area contributed by atoms with Crippen molar-refractivity contribution in [2.75, 3.05) is 13.1 Å². The molecule has 1 aromatic heterocycles. The third-order valence-corrected chi connectivity index (χ3v) is 4.39. The molecule has 1 aliphatic heterocycles. The van der Waals surface area contributed by atoms with E-state index in [1.54, 1.807) is 6.20 Å². The fourth-order valence-corrected chi connectivity index (χ4v) is 3.03. The van der Waals surface area contributed by atoms with Crippen LogP contribution < -0.4 is 5.73 Å². The largest absolute Gasteiger partial charge is 0.342 e. The van der Waals surface area contributed by atoms with Crippen LogP contribution in [0.1, 0.15) is 36.9 Å². The molecular formula is C17H22N4O. The van der Waals surface area contributed by atoms with Crippen LogP contribution >= 0.6 is 0 Å². The lowest BCUT2D eigenvalue weighted by Crippen LogP contribution is -2.40. The summed E-state index contributed by atoms with van der Waals surface area (Å²) < 4.78 is 2.14. The van der Waals surface area contributed by atoms with Gasteiger partial charge in [0, 0.05) is 44.0 Å². The zero-order chi connectivity index (χ0) is 15.4. The Bertz CT molecular complexity index is 588. The maximum atomic E-state index is 12.4. The molecule has 5 heteroatoms. The van der Waals surface area contributed by atoms with E-state index >= 15 is 0 Å². The lowest BCUT2D eigenvalue weighted by atomic mass is 10.0. The fraction of sp³-hybridized carbons (Fsp3) is 0.412. The number of benzene rings is 1. The Balaban J connectivity index is 1.52. The molecule has 5 nitrogen and oxygen atoms in total. The van der Waals surface area contributed by atoms with Crippen molar-refractivity contribution in [2.45, 2.75) is 31.3 Å². The molecule has 0 radical (unpaired) electrons. The number of likely N-dealkylation sites (tertiary alicyclic amines) is 1. The van der Waals surface area contributed by atoms with Gasteiger partial charge in [-0.3, -0.25) is 4.79 Å². The molecule has 22 heavy (non-hydrogen) atoms. The molecule has 1 aliphatic rings. The molecule has 1 unspecified atom stereocenters. The van der Waals surface area contributed by atoms with Crippen LogP contribution in [0.15, 0.2) is 49.1 Å². The van der Waals surface area contributed by atoms with Gasteiger partial charge in [0.1, 0.15) is 0 Å². The molecule has 0 spiro atoms. The quantitative estimate of drug-likeness (QED) is 0.940. The number of imidazole rings is 1. The van der Waals surface area contributed by atoms with Crippen molar-refractivity contribution in [3.05, 3.63) is 54.6 Å². The smallest absolute Gasteiger partial charge is 0.224 e. The van der Waals surface area contributed by atoms with Crippen molar-refractivity contribution in [3.63, 3.8) is 0 Å². The molecule has 2 N–H and O–H groups in total. The van der Waals surface area contributed by atoms with Gasteiger partial charge in [0.2, 0.25) is 5.91 Å². The van der Waals surface area contributed by atoms with Gasteiger partial charge in [0.25, 0.3) is 0 Å². The van der Waals surface area contributed by atoms with Crippen molar-refractivity contribution in [3.8, 4) is 0 Å². The van der Waals surface area contributed by atoms with Crippen molar-refractivity contribution in [2.24, 2.45) is 5.73 Å². The van der Waals surface area contributed by atoms with Crippen molar-refractivity contribution < 1.29 is 4.79 Å². The van der Waals surface area contributed by atoms with E-state index in [2.05, 4.69) is 9.55 Å². The fourth-order valence-electron chi connectivity index (χ4n) is 3.03. The molecule has 3 rings (SSSR count). The second-order valence-electron chi connectivity index (χ2n) is 5.84. The first-order valence-electron chi connectivity index (χ1n) is 7.80. The number of aromatic nitrogens is 2. The normalized spacial score (nSPS) is 17.4. The second-order valence-corrected chi connectivity index (χ2v) is 5.84. The van der Waals surface area contributed by atoms with E-state index in [0.29, 0.717) is 12.5 Å². The van der Waals surface area contributed by atoms with Crippen LogP contribution in [0.4, 0.5) is 0 Å². The van der Waals surface area contributed by atoms with E-state index in [9.17, 15) is 4.79 Å². The molecule has 0 bridgehead atoms. The minimum absolute atomic E-state index is 0.153. The Morgan fingerprint density at radius 2 is 2.00 bits per heavy atom. The van der Waals surface area contributed by atoms with Crippen LogP contribution in [0.25, 0.3) is 0 Å². The van der Waals surface area contributed by atoms with Crippen molar-refractivity contribution in [1.82, 2.24) is 14.5 Å². The summed E-state index contributed by atoms with van der Waals surface area (Å²) in [4.78, 5) is 18.4. The van der Waals surface area contributed by atoms with E-state index in [0.717, 1.165) is 31.5 Å². The molecule has 116 valence electrons. The van der Waals surface area contributed by atoms with Crippen LogP contribution in [0, 0.1) is 0 Å². The number of carbonyl (C=O) groups excluding carboxylic acids is 1. The Hall–Kier alpha value is -2.14. The van der Waals surface area contributed by atoms with Crippen molar-refractivity contribution in [1.29, 1.82) is 0 Å². The lowest BCUT2D eigenvalue weighted by Gasteiger charge is -2.33. The molecule has 1 atom stereocenters. The number of hydrogen-bond donors (Lipinski definition) is 1. The van der Waals surface area contributed by atoms with E-state index in [1.165, 1.54) is 0 Å². The summed E-state index contributed by atoms with van der Waals surface area (Å²) in [7, 11) is 0. The van der Waals surface area contributed by atoms with E-state index in [1.807, 2.05) is 47.8 Å². The monoisotopic (exact) mass is 298 g/mol. The van der Waals surface area contributed by atoms with Gasteiger partial charge in [-0.2, -0.15) is 0 Å². The first-order valence-corrected chi connectivity index (χ1v) is 7.80. The number of carbonyl (C=O) groups is 1. The van der Waals surface area contributed by atoms with Gasteiger partial charge in [-0.15, -0.1) is 0 Å². The average molecular weight is 298 g/mol. The van der Waals surface area contributed by atoms with Gasteiger partial charge in [-0.25, -0.2) is 4.98 Å². The lowest BCUT2D eigenvalue weighted by molar-refractivity contribution is -0.132. The summed E-state index contributed by atoms with van der Waals surface area (Å²) in [6.45, 7) is 1.59. The van der Waals surface area contributed by atoms with E-state index in [-0.39, 0.29) is 11.9 Å². The van der Waals surface area contributed by atoms with Crippen molar-refractivity contribution >= 4 is 5.91 Å². The highest BCUT2D eigenvalue weighted by atomic mass is 16.2. The third-order valence-electron chi connectivity index (χ3n) is 4.39. The summed E-state index contributed by atoms with van der Waals surface area (Å²) in [6, 6.07) is 10.0. The molecule has 0 saturated carbocycles. The Morgan fingerprint density at radius 1 is 1.27 bits per heavy atom. The van der Waals surface area contributed by atoms with Crippen LogP contribution in [-0.2, 0) is 4.79 Å². The number of nitrogens with zero attached hydrogens (tertiary/aromatic N) is 3. The van der Waals surface area contributed by atoms with Gasteiger partial charge in [-0.1, -0.05) is 30.3 Å². The molecule has 0 aliphatic carbocycles. The minimum atomic E-state index is -0.222. The molecule has 2 aromatic rings. The summed E-state index contributed by atoms with van der Waals surface area (Å²) in [5.41, 5.74) is 7.16. The Morgan fingerprint density at radius 3 is 2.64 bits per heavy atom. The summed E-state index contributed by atoms with van der Waals surface area (Å²) in [6.07, 6.45) is 7.97. The summed E-state index contributed by atoms with van der Waals surface area (Å²) in [5.74, 6) is 0.153. The molecular weight excluding hydrogens is 276 g/mol. The summed E-state index contributed by atoms with van der Waals surface area (Å²) >= 11 is 0. The molecule has 1 fully saturated rings. The number of nitrogens with two attached hydrogens (primary N) is 1. The summed E-state index contributed by atoms with van der Waals surface area (Å²) in [5, 5.41) is 0. The van der Waals surface area contributed by atoms with Gasteiger partial charge in [0.15, 0.2) is 0 Å². The third kappa shape index (κ3) is 3.36. The van der Waals surface area contributed by atoms with Gasteiger partial charge >= 0.3 is 0 Å². The standard InChI is InChI=1S/C17H22N4O/c18-16(14-4-2-1-3-5-14)12-17(22)20-9-6-15(7-10-20)21-11-8-19-13-21/h1-5,8,11,13,15-16H,6-7,9-10,12,18H2. The van der Waals surface area contributed by atoms with Crippen LogP contribution in [-0.4, -0.2) is 33.4 Å². The van der Waals surface area contributed by atoms with Crippen LogP contribution in [0.2, 0.25) is 0 Å². The molecule has 2 heterocycles. The average Bonchev–Trinajstić information content (AvgIpc) is 3.10. The maximum Gasteiger partial charge on any atom is 0.224 e. The number of hydrogen-bond acceptors (Lipinski definition) is 3. The number of rotatable bonds is 4. The van der Waals surface area contributed by atoms with Crippen LogP contribution in [0.3, 0.4) is 0 Å². The Kier molecular flexibility index (Phi) is 4.53. The predicted molar refractivity (Wildman–Crippen MR) is 85.1 cm³/mol. The van der Waals surface area contributed by atoms with E-state index in [4.69, 9.17) is 5.73 Å². The van der Waals surface area contributed by atoms with Gasteiger partial charge < -0.3 is 15.2 Å². The minimum Gasteiger partial charge on any atom is -0.342 e. The van der Waals surface area contributed by atoms with Gasteiger partial charge in [-0.05, 0) is 18.4 Å². The highest BCUT2D eigenvalue weighted by Gasteiger charge is 2.24. The topological polar surface area (TPSA) is 64.2 Å². The first-order chi connectivity index (χ1) is 10.7. The van der Waals surface area contributed by atoms with E-state index < -0.39 is 0 Å². The zero-order valence-electron chi connectivity index (χ0n) is 12.6. The highest BCUT2D eigenvalue weighted by molar-refractivity contribution is 5.77. The second kappa shape index (κ2) is 6.75. The number of amides is 1. The SMILES string of the molecule is NC(CC(=O)N1CCC(n2ccnc2)CC1)c1ccccc1. The first kappa shape index (κ1) is 14.8. The highest BCUT2D eigenvalue weighted by Crippen LogP contribution is 2.23. The molecule has 1 aromatic carbocycles. The molecule has 1 amide bonds. The number of piperidine rings is 1. The Labute approximate surface area is 130 Å². The molecule has 1 saturated heterocycles.